The summed E-state index contributed by atoms with van der Waals surface area (Å²) >= 11 is 1.38. The zero-order chi connectivity index (χ0) is 14.4. The fourth-order valence-electron chi connectivity index (χ4n) is 1.98. The Morgan fingerprint density at radius 1 is 1.30 bits per heavy atom. The summed E-state index contributed by atoms with van der Waals surface area (Å²) in [4.78, 5) is 16.1. The first kappa shape index (κ1) is 14.7. The van der Waals surface area contributed by atoms with Gasteiger partial charge in [0.15, 0.2) is 5.13 Å². The molecule has 0 aliphatic heterocycles. The van der Waals surface area contributed by atoms with E-state index in [0.29, 0.717) is 17.2 Å². The molecular weight excluding hydrogens is 274 g/mol. The molecule has 0 saturated carbocycles. The molecule has 0 saturated heterocycles. The summed E-state index contributed by atoms with van der Waals surface area (Å²) in [7, 11) is 0. The van der Waals surface area contributed by atoms with E-state index in [4.69, 9.17) is 10.8 Å². The summed E-state index contributed by atoms with van der Waals surface area (Å²) in [6, 6.07) is 5.41. The Hall–Kier alpha value is -1.66. The highest BCUT2D eigenvalue weighted by atomic mass is 32.1. The lowest BCUT2D eigenvalue weighted by atomic mass is 10.2. The Bertz CT molecular complexity index is 583. The quantitative estimate of drug-likeness (QED) is 0.683. The number of hydrogen-bond acceptors (Lipinski definition) is 5. The van der Waals surface area contributed by atoms with E-state index < -0.39 is 0 Å². The normalized spacial score (nSPS) is 10.8. The van der Waals surface area contributed by atoms with Crippen molar-refractivity contribution in [3.63, 3.8) is 0 Å². The number of unbranched alkanes of at least 4 members (excludes halogenated alkanes) is 3. The maximum atomic E-state index is 12.0. The fourth-order valence-corrected chi connectivity index (χ4v) is 2.75. The predicted molar refractivity (Wildman–Crippen MR) is 81.9 cm³/mol. The van der Waals surface area contributed by atoms with Crippen LogP contribution >= 0.6 is 11.3 Å². The lowest BCUT2D eigenvalue weighted by Crippen LogP contribution is -2.24. The maximum absolute atomic E-state index is 12.0. The van der Waals surface area contributed by atoms with Gasteiger partial charge in [0.25, 0.3) is 5.91 Å². The summed E-state index contributed by atoms with van der Waals surface area (Å²) in [6.45, 7) is 0.900. The molecule has 0 radical (unpaired) electrons. The first-order valence-electron chi connectivity index (χ1n) is 6.76. The summed E-state index contributed by atoms with van der Waals surface area (Å²) in [5, 5.41) is 12.1. The number of nitrogen functional groups attached to an aromatic ring is 1. The third-order valence-corrected chi connectivity index (χ3v) is 3.88. The molecule has 5 nitrogen and oxygen atoms in total. The molecule has 6 heteroatoms. The highest BCUT2D eigenvalue weighted by Gasteiger charge is 2.08. The van der Waals surface area contributed by atoms with Crippen molar-refractivity contribution in [1.29, 1.82) is 0 Å². The number of anilines is 1. The minimum Gasteiger partial charge on any atom is -0.396 e. The number of rotatable bonds is 7. The molecule has 1 amide bonds. The number of carbonyl (C=O) groups excluding carboxylic acids is 1. The van der Waals surface area contributed by atoms with Crippen molar-refractivity contribution in [1.82, 2.24) is 10.3 Å². The summed E-state index contributed by atoms with van der Waals surface area (Å²) in [5.41, 5.74) is 7.11. The minimum absolute atomic E-state index is 0.0685. The number of nitrogens with two attached hydrogens (primary N) is 1. The Morgan fingerprint density at radius 2 is 2.10 bits per heavy atom. The summed E-state index contributed by atoms with van der Waals surface area (Å²) in [5.74, 6) is -0.0685. The molecule has 0 atom stereocenters. The van der Waals surface area contributed by atoms with E-state index >= 15 is 0 Å². The first-order valence-corrected chi connectivity index (χ1v) is 7.57. The molecule has 0 bridgehead atoms. The van der Waals surface area contributed by atoms with Gasteiger partial charge in [-0.3, -0.25) is 4.79 Å². The highest BCUT2D eigenvalue weighted by molar-refractivity contribution is 7.22. The van der Waals surface area contributed by atoms with Gasteiger partial charge in [-0.2, -0.15) is 0 Å². The molecule has 1 heterocycles. The minimum atomic E-state index is -0.0685. The van der Waals surface area contributed by atoms with Gasteiger partial charge in [-0.05, 0) is 31.0 Å². The molecule has 0 unspecified atom stereocenters. The average Bonchev–Trinajstić information content (AvgIpc) is 2.81. The summed E-state index contributed by atoms with van der Waals surface area (Å²) < 4.78 is 0.929. The molecule has 1 aromatic heterocycles. The number of thiazole rings is 1. The number of benzene rings is 1. The Morgan fingerprint density at radius 3 is 2.90 bits per heavy atom. The van der Waals surface area contributed by atoms with Gasteiger partial charge in [0.2, 0.25) is 0 Å². The molecule has 20 heavy (non-hydrogen) atoms. The highest BCUT2D eigenvalue weighted by Crippen LogP contribution is 2.24. The van der Waals surface area contributed by atoms with Gasteiger partial charge in [0.05, 0.1) is 10.2 Å². The Kier molecular flexibility index (Phi) is 5.31. The monoisotopic (exact) mass is 293 g/mol. The van der Waals surface area contributed by atoms with Gasteiger partial charge in [-0.1, -0.05) is 24.2 Å². The molecule has 4 N–H and O–H groups in total. The van der Waals surface area contributed by atoms with Crippen LogP contribution in [-0.2, 0) is 0 Å². The van der Waals surface area contributed by atoms with Gasteiger partial charge < -0.3 is 16.2 Å². The van der Waals surface area contributed by atoms with E-state index in [-0.39, 0.29) is 12.5 Å². The largest absolute Gasteiger partial charge is 0.396 e. The molecule has 0 aliphatic rings. The first-order chi connectivity index (χ1) is 9.70. The Balaban J connectivity index is 1.84. The van der Waals surface area contributed by atoms with Crippen LogP contribution in [0, 0.1) is 0 Å². The van der Waals surface area contributed by atoms with Gasteiger partial charge in [-0.25, -0.2) is 4.98 Å². The number of fused-ring (bicyclic) bond motifs is 1. The van der Waals surface area contributed by atoms with E-state index in [0.717, 1.165) is 35.9 Å². The topological polar surface area (TPSA) is 88.2 Å². The van der Waals surface area contributed by atoms with E-state index in [2.05, 4.69) is 10.3 Å². The second-order valence-corrected chi connectivity index (χ2v) is 5.69. The van der Waals surface area contributed by atoms with Crippen molar-refractivity contribution in [2.24, 2.45) is 0 Å². The van der Waals surface area contributed by atoms with E-state index in [1.165, 1.54) is 11.3 Å². The van der Waals surface area contributed by atoms with Crippen molar-refractivity contribution in [2.75, 3.05) is 18.9 Å². The molecule has 2 aromatic rings. The lowest BCUT2D eigenvalue weighted by molar-refractivity contribution is 0.0953. The molecule has 0 fully saturated rings. The van der Waals surface area contributed by atoms with Crippen LogP contribution in [0.3, 0.4) is 0 Å². The fraction of sp³-hybridized carbons (Fsp3) is 0.429. The van der Waals surface area contributed by atoms with Crippen LogP contribution in [0.15, 0.2) is 18.2 Å². The molecule has 108 valence electrons. The van der Waals surface area contributed by atoms with Crippen LogP contribution in [0.4, 0.5) is 5.13 Å². The van der Waals surface area contributed by atoms with E-state index in [9.17, 15) is 4.79 Å². The average molecular weight is 293 g/mol. The number of hydrogen-bond donors (Lipinski definition) is 3. The van der Waals surface area contributed by atoms with Crippen molar-refractivity contribution >= 4 is 32.6 Å². The predicted octanol–water partition coefficient (Wildman–Crippen LogP) is 2.16. The second kappa shape index (κ2) is 7.21. The van der Waals surface area contributed by atoms with Crippen molar-refractivity contribution in [2.45, 2.75) is 25.7 Å². The van der Waals surface area contributed by atoms with Crippen molar-refractivity contribution in [3.05, 3.63) is 23.8 Å². The van der Waals surface area contributed by atoms with Gasteiger partial charge in [0, 0.05) is 18.7 Å². The third-order valence-electron chi connectivity index (χ3n) is 3.04. The van der Waals surface area contributed by atoms with Crippen molar-refractivity contribution in [3.8, 4) is 0 Å². The standard InChI is InChI=1S/C14H19N3O2S/c15-14-17-11-6-5-10(9-12(11)20-14)13(19)16-7-3-1-2-4-8-18/h5-6,9,18H,1-4,7-8H2,(H2,15,17)(H,16,19). The number of aromatic nitrogens is 1. The number of amides is 1. The zero-order valence-electron chi connectivity index (χ0n) is 11.3. The van der Waals surface area contributed by atoms with Crippen LogP contribution in [-0.4, -0.2) is 29.1 Å². The molecule has 0 aliphatic carbocycles. The zero-order valence-corrected chi connectivity index (χ0v) is 12.1. The van der Waals surface area contributed by atoms with E-state index in [1.807, 2.05) is 12.1 Å². The lowest BCUT2D eigenvalue weighted by Gasteiger charge is -2.05. The smallest absolute Gasteiger partial charge is 0.251 e. The van der Waals surface area contributed by atoms with Gasteiger partial charge in [0.1, 0.15) is 0 Å². The molecule has 1 aromatic carbocycles. The van der Waals surface area contributed by atoms with Crippen molar-refractivity contribution < 1.29 is 9.90 Å². The second-order valence-electron chi connectivity index (χ2n) is 4.63. The van der Waals surface area contributed by atoms with Crippen LogP contribution in [0.25, 0.3) is 10.2 Å². The van der Waals surface area contributed by atoms with Crippen LogP contribution in [0.2, 0.25) is 0 Å². The number of aliphatic hydroxyl groups excluding tert-OH is 1. The van der Waals surface area contributed by atoms with Crippen LogP contribution in [0.1, 0.15) is 36.0 Å². The van der Waals surface area contributed by atoms with Crippen LogP contribution < -0.4 is 11.1 Å². The van der Waals surface area contributed by atoms with E-state index in [1.54, 1.807) is 6.07 Å². The number of carbonyl (C=O) groups is 1. The Labute approximate surface area is 121 Å². The van der Waals surface area contributed by atoms with Gasteiger partial charge in [-0.15, -0.1) is 0 Å². The van der Waals surface area contributed by atoms with Gasteiger partial charge >= 0.3 is 0 Å². The molecule has 0 spiro atoms. The number of nitrogens with one attached hydrogen (secondary N) is 1. The maximum Gasteiger partial charge on any atom is 0.251 e. The number of aliphatic hydroxyl groups is 1. The molecular formula is C14H19N3O2S. The molecule has 2 rings (SSSR count). The summed E-state index contributed by atoms with van der Waals surface area (Å²) in [6.07, 6.45) is 3.78. The SMILES string of the molecule is Nc1nc2ccc(C(=O)NCCCCCCO)cc2s1. The number of nitrogens with zero attached hydrogens (tertiary/aromatic N) is 1. The van der Waals surface area contributed by atoms with Crippen LogP contribution in [0.5, 0.6) is 0 Å². The third kappa shape index (κ3) is 3.91.